The Morgan fingerprint density at radius 3 is 2.11 bits per heavy atom. The topological polar surface area (TPSA) is 89.9 Å². The van der Waals surface area contributed by atoms with Gasteiger partial charge in [0.15, 0.2) is 0 Å². The summed E-state index contributed by atoms with van der Waals surface area (Å²) in [4.78, 5) is 24.3. The predicted molar refractivity (Wildman–Crippen MR) is 68.3 cm³/mol. The number of aliphatic carboxylic acids is 1. The lowest BCUT2D eigenvalue weighted by Gasteiger charge is -2.27. The molecule has 6 heteroatoms. The van der Waals surface area contributed by atoms with Gasteiger partial charge in [0.05, 0.1) is 12.5 Å². The number of carbonyl (C=O) groups excluding carboxylic acids is 1. The molecule has 0 aliphatic heterocycles. The largest absolute Gasteiger partial charge is 0.481 e. The maximum absolute atomic E-state index is 11.8. The van der Waals surface area contributed by atoms with Crippen molar-refractivity contribution in [1.29, 1.82) is 0 Å². The first-order chi connectivity index (χ1) is 8.31. The smallest absolute Gasteiger partial charge is 0.317 e. The van der Waals surface area contributed by atoms with E-state index < -0.39 is 11.9 Å². The molecule has 0 rings (SSSR count). The second kappa shape index (κ2) is 7.92. The van der Waals surface area contributed by atoms with E-state index in [1.165, 1.54) is 4.90 Å². The van der Waals surface area contributed by atoms with Crippen molar-refractivity contribution in [3.05, 3.63) is 0 Å². The van der Waals surface area contributed by atoms with E-state index in [1.54, 1.807) is 13.8 Å². The maximum atomic E-state index is 11.8. The first-order valence-corrected chi connectivity index (χ1v) is 6.19. The summed E-state index contributed by atoms with van der Waals surface area (Å²) in [7, 11) is 0. The van der Waals surface area contributed by atoms with E-state index in [-0.39, 0.29) is 37.7 Å². The number of nitrogens with zero attached hydrogens (tertiary/aromatic N) is 1. The number of rotatable bonds is 7. The Balaban J connectivity index is 4.41. The van der Waals surface area contributed by atoms with Crippen LogP contribution >= 0.6 is 0 Å². The van der Waals surface area contributed by atoms with E-state index in [0.717, 1.165) is 0 Å². The molecule has 0 aromatic heterocycles. The van der Waals surface area contributed by atoms with Crippen molar-refractivity contribution in [1.82, 2.24) is 10.2 Å². The molecule has 0 aliphatic rings. The van der Waals surface area contributed by atoms with Crippen LogP contribution in [0.3, 0.4) is 0 Å². The number of urea groups is 1. The van der Waals surface area contributed by atoms with Crippen LogP contribution in [0.4, 0.5) is 4.79 Å². The van der Waals surface area contributed by atoms with Crippen LogP contribution in [0.5, 0.6) is 0 Å². The molecule has 0 saturated carbocycles. The van der Waals surface area contributed by atoms with Gasteiger partial charge in [-0.25, -0.2) is 4.79 Å². The van der Waals surface area contributed by atoms with Crippen molar-refractivity contribution in [3.8, 4) is 0 Å². The standard InChI is InChI=1S/C12H24N2O4/c1-8(2)10(11(16)17)7-13-12(18)14(5-6-15)9(3)4/h8-10,15H,5-7H2,1-4H3,(H,13,18)(H,16,17). The molecular formula is C12H24N2O4. The van der Waals surface area contributed by atoms with Gasteiger partial charge in [-0.2, -0.15) is 0 Å². The number of nitrogens with one attached hydrogen (secondary N) is 1. The SMILES string of the molecule is CC(C)C(CNC(=O)N(CCO)C(C)C)C(=O)O. The molecule has 1 unspecified atom stereocenters. The van der Waals surface area contributed by atoms with E-state index in [9.17, 15) is 9.59 Å². The fourth-order valence-corrected chi connectivity index (χ4v) is 1.61. The first-order valence-electron chi connectivity index (χ1n) is 6.19. The highest BCUT2D eigenvalue weighted by molar-refractivity contribution is 5.76. The Hall–Kier alpha value is -1.30. The number of hydrogen-bond donors (Lipinski definition) is 3. The zero-order valence-electron chi connectivity index (χ0n) is 11.5. The quantitative estimate of drug-likeness (QED) is 0.630. The summed E-state index contributed by atoms with van der Waals surface area (Å²) < 4.78 is 0. The van der Waals surface area contributed by atoms with Crippen LogP contribution in [-0.2, 0) is 4.79 Å². The molecule has 0 saturated heterocycles. The minimum atomic E-state index is -0.913. The fraction of sp³-hybridized carbons (Fsp3) is 0.833. The van der Waals surface area contributed by atoms with E-state index >= 15 is 0 Å². The van der Waals surface area contributed by atoms with Gasteiger partial charge in [0.1, 0.15) is 0 Å². The molecular weight excluding hydrogens is 236 g/mol. The molecule has 18 heavy (non-hydrogen) atoms. The number of carboxylic acids is 1. The summed E-state index contributed by atoms with van der Waals surface area (Å²) in [5.41, 5.74) is 0. The molecule has 0 aromatic carbocycles. The molecule has 106 valence electrons. The van der Waals surface area contributed by atoms with Crippen LogP contribution in [0, 0.1) is 11.8 Å². The summed E-state index contributed by atoms with van der Waals surface area (Å²) in [5, 5.41) is 20.5. The average molecular weight is 260 g/mol. The zero-order valence-corrected chi connectivity index (χ0v) is 11.5. The predicted octanol–water partition coefficient (Wildman–Crippen LogP) is 0.755. The molecule has 1 atom stereocenters. The molecule has 0 radical (unpaired) electrons. The van der Waals surface area contributed by atoms with Crippen molar-refractivity contribution in [2.45, 2.75) is 33.7 Å². The normalized spacial score (nSPS) is 12.6. The number of amides is 2. The number of aliphatic hydroxyl groups is 1. The Kier molecular flexibility index (Phi) is 7.35. The highest BCUT2D eigenvalue weighted by Gasteiger charge is 2.23. The minimum Gasteiger partial charge on any atom is -0.481 e. The van der Waals surface area contributed by atoms with E-state index in [0.29, 0.717) is 0 Å². The van der Waals surface area contributed by atoms with Crippen molar-refractivity contribution < 1.29 is 19.8 Å². The van der Waals surface area contributed by atoms with Crippen LogP contribution in [0.25, 0.3) is 0 Å². The molecule has 2 amide bonds. The van der Waals surface area contributed by atoms with Crippen LogP contribution in [0.15, 0.2) is 0 Å². The van der Waals surface area contributed by atoms with Gasteiger partial charge < -0.3 is 20.4 Å². The Morgan fingerprint density at radius 1 is 1.22 bits per heavy atom. The summed E-state index contributed by atoms with van der Waals surface area (Å²) in [5.74, 6) is -1.56. The second-order valence-corrected chi connectivity index (χ2v) is 4.89. The summed E-state index contributed by atoms with van der Waals surface area (Å²) in [6.07, 6.45) is 0. The van der Waals surface area contributed by atoms with Crippen molar-refractivity contribution >= 4 is 12.0 Å². The van der Waals surface area contributed by atoms with Crippen LogP contribution < -0.4 is 5.32 Å². The van der Waals surface area contributed by atoms with Gasteiger partial charge in [0, 0.05) is 19.1 Å². The third kappa shape index (κ3) is 5.35. The van der Waals surface area contributed by atoms with Gasteiger partial charge in [-0.15, -0.1) is 0 Å². The number of carboxylic acid groups (broad SMARTS) is 1. The molecule has 0 aromatic rings. The van der Waals surface area contributed by atoms with Gasteiger partial charge in [0.2, 0.25) is 0 Å². The maximum Gasteiger partial charge on any atom is 0.317 e. The molecule has 0 aliphatic carbocycles. The number of aliphatic hydroxyl groups excluding tert-OH is 1. The molecule has 3 N–H and O–H groups in total. The second-order valence-electron chi connectivity index (χ2n) is 4.89. The zero-order chi connectivity index (χ0) is 14.3. The van der Waals surface area contributed by atoms with Crippen LogP contribution in [0.2, 0.25) is 0 Å². The van der Waals surface area contributed by atoms with Crippen LogP contribution in [0.1, 0.15) is 27.7 Å². The molecule has 6 nitrogen and oxygen atoms in total. The first kappa shape index (κ1) is 16.7. The number of carbonyl (C=O) groups is 2. The average Bonchev–Trinajstić information content (AvgIpc) is 2.24. The van der Waals surface area contributed by atoms with Crippen molar-refractivity contribution in [2.24, 2.45) is 11.8 Å². The summed E-state index contributed by atoms with van der Waals surface area (Å²) >= 11 is 0. The summed E-state index contributed by atoms with van der Waals surface area (Å²) in [6.45, 7) is 7.51. The van der Waals surface area contributed by atoms with E-state index in [1.807, 2.05) is 13.8 Å². The van der Waals surface area contributed by atoms with E-state index in [2.05, 4.69) is 5.32 Å². The fourth-order valence-electron chi connectivity index (χ4n) is 1.61. The lowest BCUT2D eigenvalue weighted by atomic mass is 9.96. The van der Waals surface area contributed by atoms with E-state index in [4.69, 9.17) is 10.2 Å². The van der Waals surface area contributed by atoms with Crippen LogP contribution in [-0.4, -0.2) is 52.9 Å². The lowest BCUT2D eigenvalue weighted by molar-refractivity contribution is -0.142. The van der Waals surface area contributed by atoms with Gasteiger partial charge in [-0.05, 0) is 19.8 Å². The molecule has 0 spiro atoms. The monoisotopic (exact) mass is 260 g/mol. The van der Waals surface area contributed by atoms with Gasteiger partial charge in [0.25, 0.3) is 0 Å². The minimum absolute atomic E-state index is 0.0421. The molecule has 0 fully saturated rings. The Labute approximate surface area is 108 Å². The third-order valence-electron chi connectivity index (χ3n) is 2.82. The van der Waals surface area contributed by atoms with Crippen molar-refractivity contribution in [2.75, 3.05) is 19.7 Å². The Bertz CT molecular complexity index is 279. The molecule has 0 bridgehead atoms. The third-order valence-corrected chi connectivity index (χ3v) is 2.82. The Morgan fingerprint density at radius 2 is 1.78 bits per heavy atom. The van der Waals surface area contributed by atoms with Gasteiger partial charge in [-0.1, -0.05) is 13.8 Å². The van der Waals surface area contributed by atoms with Gasteiger partial charge in [-0.3, -0.25) is 4.79 Å². The molecule has 0 heterocycles. The highest BCUT2D eigenvalue weighted by atomic mass is 16.4. The number of hydrogen-bond acceptors (Lipinski definition) is 3. The van der Waals surface area contributed by atoms with Crippen molar-refractivity contribution in [3.63, 3.8) is 0 Å². The lowest BCUT2D eigenvalue weighted by Crippen LogP contribution is -2.47. The van der Waals surface area contributed by atoms with Gasteiger partial charge >= 0.3 is 12.0 Å². The highest BCUT2D eigenvalue weighted by Crippen LogP contribution is 2.10. The summed E-state index contributed by atoms with van der Waals surface area (Å²) in [6, 6.07) is -0.384.